The zero-order chi connectivity index (χ0) is 13.0. The summed E-state index contributed by atoms with van der Waals surface area (Å²) >= 11 is 0. The van der Waals surface area contributed by atoms with Crippen LogP contribution in [-0.4, -0.2) is 18.1 Å². The molecule has 1 aromatic heterocycles. The van der Waals surface area contributed by atoms with Crippen LogP contribution >= 0.6 is 0 Å². The van der Waals surface area contributed by atoms with Crippen LogP contribution in [-0.2, 0) is 6.54 Å². The van der Waals surface area contributed by atoms with Gasteiger partial charge in [-0.1, -0.05) is 13.8 Å². The van der Waals surface area contributed by atoms with Crippen LogP contribution in [0.2, 0.25) is 0 Å². The van der Waals surface area contributed by atoms with Crippen molar-refractivity contribution in [2.75, 3.05) is 7.05 Å². The lowest BCUT2D eigenvalue weighted by Gasteiger charge is -2.31. The lowest BCUT2D eigenvalue weighted by atomic mass is 9.82. The van der Waals surface area contributed by atoms with Crippen LogP contribution in [0.15, 0.2) is 18.3 Å². The van der Waals surface area contributed by atoms with Gasteiger partial charge in [0.05, 0.1) is 11.8 Å². The van der Waals surface area contributed by atoms with Gasteiger partial charge in [0.15, 0.2) is 0 Å². The van der Waals surface area contributed by atoms with Crippen LogP contribution in [0.5, 0.6) is 5.75 Å². The highest BCUT2D eigenvalue weighted by molar-refractivity contribution is 5.23. The Bertz CT molecular complexity index is 371. The Labute approximate surface area is 110 Å². The maximum atomic E-state index is 6.12. The first-order valence-electron chi connectivity index (χ1n) is 6.93. The van der Waals surface area contributed by atoms with Gasteiger partial charge in [-0.25, -0.2) is 0 Å². The molecular weight excluding hydrogens is 224 g/mol. The monoisotopic (exact) mass is 248 g/mol. The Balaban J connectivity index is 1.97. The van der Waals surface area contributed by atoms with Crippen molar-refractivity contribution in [3.05, 3.63) is 24.0 Å². The van der Waals surface area contributed by atoms with Crippen LogP contribution in [0.1, 0.15) is 38.8 Å². The van der Waals surface area contributed by atoms with E-state index in [1.54, 1.807) is 0 Å². The van der Waals surface area contributed by atoms with Gasteiger partial charge in [0.2, 0.25) is 0 Å². The number of aromatic nitrogens is 1. The lowest BCUT2D eigenvalue weighted by Crippen LogP contribution is -2.28. The number of ether oxygens (including phenoxy) is 1. The van der Waals surface area contributed by atoms with Crippen molar-refractivity contribution in [3.8, 4) is 5.75 Å². The molecule has 0 aliphatic heterocycles. The molecule has 1 N–H and O–H groups in total. The van der Waals surface area contributed by atoms with Gasteiger partial charge in [0.25, 0.3) is 0 Å². The van der Waals surface area contributed by atoms with Crippen LogP contribution in [0, 0.1) is 11.8 Å². The van der Waals surface area contributed by atoms with Crippen LogP contribution in [0.3, 0.4) is 0 Å². The second kappa shape index (κ2) is 6.19. The van der Waals surface area contributed by atoms with E-state index in [1.165, 1.54) is 19.3 Å². The highest BCUT2D eigenvalue weighted by Crippen LogP contribution is 2.31. The molecular formula is C15H24N2O. The number of hydrogen-bond donors (Lipinski definition) is 1. The SMILES string of the molecule is CNCc1cc(OC2CC(C)CC(C)C2)ccn1. The van der Waals surface area contributed by atoms with E-state index in [2.05, 4.69) is 24.1 Å². The summed E-state index contributed by atoms with van der Waals surface area (Å²) < 4.78 is 6.12. The minimum Gasteiger partial charge on any atom is -0.490 e. The van der Waals surface area contributed by atoms with Gasteiger partial charge in [0.1, 0.15) is 5.75 Å². The van der Waals surface area contributed by atoms with Crippen molar-refractivity contribution in [2.45, 2.75) is 45.8 Å². The van der Waals surface area contributed by atoms with E-state index in [1.807, 2.05) is 25.4 Å². The van der Waals surface area contributed by atoms with Crippen molar-refractivity contribution in [2.24, 2.45) is 11.8 Å². The minimum atomic E-state index is 0.369. The zero-order valence-corrected chi connectivity index (χ0v) is 11.6. The Morgan fingerprint density at radius 3 is 2.67 bits per heavy atom. The van der Waals surface area contributed by atoms with Gasteiger partial charge < -0.3 is 10.1 Å². The van der Waals surface area contributed by atoms with E-state index in [0.717, 1.165) is 29.8 Å². The van der Waals surface area contributed by atoms with Crippen molar-refractivity contribution in [3.63, 3.8) is 0 Å². The smallest absolute Gasteiger partial charge is 0.123 e. The van der Waals surface area contributed by atoms with Crippen LogP contribution in [0.25, 0.3) is 0 Å². The first-order chi connectivity index (χ1) is 8.67. The van der Waals surface area contributed by atoms with E-state index in [0.29, 0.717) is 6.10 Å². The van der Waals surface area contributed by atoms with Crippen molar-refractivity contribution in [1.82, 2.24) is 10.3 Å². The predicted octanol–water partition coefficient (Wildman–Crippen LogP) is 3.00. The summed E-state index contributed by atoms with van der Waals surface area (Å²) in [5.41, 5.74) is 1.03. The molecule has 3 heteroatoms. The van der Waals surface area contributed by atoms with E-state index in [4.69, 9.17) is 4.74 Å². The molecule has 0 saturated heterocycles. The molecule has 0 spiro atoms. The summed E-state index contributed by atoms with van der Waals surface area (Å²) in [6, 6.07) is 4.00. The molecule has 2 unspecified atom stereocenters. The second-order valence-corrected chi connectivity index (χ2v) is 5.67. The number of hydrogen-bond acceptors (Lipinski definition) is 3. The third-order valence-corrected chi connectivity index (χ3v) is 3.58. The Kier molecular flexibility index (Phi) is 4.59. The van der Waals surface area contributed by atoms with Crippen molar-refractivity contribution in [1.29, 1.82) is 0 Å². The molecule has 2 atom stereocenters. The average Bonchev–Trinajstić information content (AvgIpc) is 2.28. The van der Waals surface area contributed by atoms with Crippen molar-refractivity contribution >= 4 is 0 Å². The molecule has 1 aliphatic rings. The van der Waals surface area contributed by atoms with Crippen LogP contribution < -0.4 is 10.1 Å². The fourth-order valence-corrected chi connectivity index (χ4v) is 2.97. The average molecular weight is 248 g/mol. The number of nitrogens with zero attached hydrogens (tertiary/aromatic N) is 1. The number of pyridine rings is 1. The van der Waals surface area contributed by atoms with E-state index < -0.39 is 0 Å². The van der Waals surface area contributed by atoms with Gasteiger partial charge in [-0.3, -0.25) is 4.98 Å². The highest BCUT2D eigenvalue weighted by atomic mass is 16.5. The molecule has 0 bridgehead atoms. The Morgan fingerprint density at radius 2 is 2.00 bits per heavy atom. The molecule has 18 heavy (non-hydrogen) atoms. The molecule has 100 valence electrons. The third-order valence-electron chi connectivity index (χ3n) is 3.58. The molecule has 3 nitrogen and oxygen atoms in total. The molecule has 1 aliphatic carbocycles. The van der Waals surface area contributed by atoms with E-state index >= 15 is 0 Å². The summed E-state index contributed by atoms with van der Waals surface area (Å²) in [4.78, 5) is 4.31. The quantitative estimate of drug-likeness (QED) is 0.889. The predicted molar refractivity (Wildman–Crippen MR) is 73.6 cm³/mol. The van der Waals surface area contributed by atoms with Gasteiger partial charge in [0, 0.05) is 18.8 Å². The molecule has 0 amide bonds. The van der Waals surface area contributed by atoms with Gasteiger partial charge in [-0.15, -0.1) is 0 Å². The Hall–Kier alpha value is -1.09. The zero-order valence-electron chi connectivity index (χ0n) is 11.6. The summed E-state index contributed by atoms with van der Waals surface area (Å²) in [6.45, 7) is 5.44. The highest BCUT2D eigenvalue weighted by Gasteiger charge is 2.25. The van der Waals surface area contributed by atoms with Crippen LogP contribution in [0.4, 0.5) is 0 Å². The number of rotatable bonds is 4. The maximum Gasteiger partial charge on any atom is 0.123 e. The first kappa shape index (κ1) is 13.3. The summed E-state index contributed by atoms with van der Waals surface area (Å²) in [6.07, 6.45) is 5.88. The molecule has 1 saturated carbocycles. The molecule has 1 fully saturated rings. The lowest BCUT2D eigenvalue weighted by molar-refractivity contribution is 0.101. The molecule has 0 aromatic carbocycles. The molecule has 1 heterocycles. The summed E-state index contributed by atoms with van der Waals surface area (Å²) in [5.74, 6) is 2.51. The number of nitrogens with one attached hydrogen (secondary N) is 1. The van der Waals surface area contributed by atoms with Gasteiger partial charge in [-0.05, 0) is 44.2 Å². The van der Waals surface area contributed by atoms with Crippen molar-refractivity contribution < 1.29 is 4.74 Å². The van der Waals surface area contributed by atoms with Gasteiger partial charge >= 0.3 is 0 Å². The summed E-state index contributed by atoms with van der Waals surface area (Å²) in [7, 11) is 1.93. The Morgan fingerprint density at radius 1 is 1.28 bits per heavy atom. The standard InChI is InChI=1S/C15H24N2O/c1-11-6-12(2)8-15(7-11)18-14-4-5-17-13(9-14)10-16-3/h4-5,9,11-12,15-16H,6-8,10H2,1-3H3. The molecule has 2 rings (SSSR count). The molecule has 1 aromatic rings. The van der Waals surface area contributed by atoms with E-state index in [9.17, 15) is 0 Å². The topological polar surface area (TPSA) is 34.1 Å². The largest absolute Gasteiger partial charge is 0.490 e. The third kappa shape index (κ3) is 3.70. The summed E-state index contributed by atoms with van der Waals surface area (Å²) in [5, 5.41) is 3.11. The van der Waals surface area contributed by atoms with Gasteiger partial charge in [-0.2, -0.15) is 0 Å². The molecule has 0 radical (unpaired) electrons. The fraction of sp³-hybridized carbons (Fsp3) is 0.667. The maximum absolute atomic E-state index is 6.12. The van der Waals surface area contributed by atoms with E-state index in [-0.39, 0.29) is 0 Å². The first-order valence-corrected chi connectivity index (χ1v) is 6.93. The minimum absolute atomic E-state index is 0.369. The fourth-order valence-electron chi connectivity index (χ4n) is 2.97. The normalized spacial score (nSPS) is 28.1. The second-order valence-electron chi connectivity index (χ2n) is 5.67.